The van der Waals surface area contributed by atoms with Gasteiger partial charge < -0.3 is 10.1 Å². The molecule has 11 heteroatoms. The van der Waals surface area contributed by atoms with Crippen molar-refractivity contribution in [3.63, 3.8) is 0 Å². The Balaban J connectivity index is 1.45. The molecule has 6 nitrogen and oxygen atoms in total. The summed E-state index contributed by atoms with van der Waals surface area (Å²) in [6.45, 7) is 0. The van der Waals surface area contributed by atoms with E-state index in [-0.39, 0.29) is 29.9 Å². The molecule has 33 heavy (non-hydrogen) atoms. The molecule has 4 aromatic rings. The van der Waals surface area contributed by atoms with Gasteiger partial charge in [0.2, 0.25) is 5.91 Å². The lowest BCUT2D eigenvalue weighted by atomic mass is 10.1. The second kappa shape index (κ2) is 9.28. The molecule has 0 spiro atoms. The number of rotatable bonds is 7. The van der Waals surface area contributed by atoms with Crippen molar-refractivity contribution in [2.45, 2.75) is 19.0 Å². The van der Waals surface area contributed by atoms with E-state index in [1.54, 1.807) is 23.0 Å². The number of anilines is 1. The summed E-state index contributed by atoms with van der Waals surface area (Å²) in [5, 5.41) is 4.65. The standard InChI is InChI=1S/C22H16F3N3O3S2/c1-31-18-5-3-12(6-14(18)22(23,24)25)9-20(30)28-21-27-15-4-2-13(8-19(15)33-21)7-17(29)16-10-32-11-26-16/h2-6,8,10-11H,7,9H2,1H3,(H,27,28,30). The van der Waals surface area contributed by atoms with Crippen LogP contribution in [-0.2, 0) is 23.8 Å². The van der Waals surface area contributed by atoms with Gasteiger partial charge >= 0.3 is 6.18 Å². The first-order chi connectivity index (χ1) is 15.7. The Morgan fingerprint density at radius 3 is 2.55 bits per heavy atom. The Bertz CT molecular complexity index is 1320. The number of nitrogens with one attached hydrogen (secondary N) is 1. The van der Waals surface area contributed by atoms with E-state index in [0.29, 0.717) is 16.3 Å². The van der Waals surface area contributed by atoms with Crippen LogP contribution in [0.15, 0.2) is 47.3 Å². The zero-order chi connectivity index (χ0) is 23.6. The van der Waals surface area contributed by atoms with Gasteiger partial charge in [-0.2, -0.15) is 13.2 Å². The number of hydrogen-bond acceptors (Lipinski definition) is 7. The van der Waals surface area contributed by atoms with Crippen molar-refractivity contribution in [1.82, 2.24) is 9.97 Å². The number of halogens is 3. The molecule has 0 saturated carbocycles. The van der Waals surface area contributed by atoms with Gasteiger partial charge in [-0.1, -0.05) is 23.5 Å². The van der Waals surface area contributed by atoms with Crippen LogP contribution in [0.1, 0.15) is 27.2 Å². The summed E-state index contributed by atoms with van der Waals surface area (Å²) in [6.07, 6.45) is -4.65. The largest absolute Gasteiger partial charge is 0.496 e. The number of aromatic nitrogens is 2. The first-order valence-corrected chi connectivity index (χ1v) is 11.3. The average Bonchev–Trinajstić information content (AvgIpc) is 3.42. The fourth-order valence-corrected chi connectivity index (χ4v) is 4.70. The quantitative estimate of drug-likeness (QED) is 0.351. The molecular weight excluding hydrogens is 475 g/mol. The minimum absolute atomic E-state index is 0.0913. The van der Waals surface area contributed by atoms with E-state index in [1.165, 1.54) is 34.8 Å². The first kappa shape index (κ1) is 22.9. The maximum atomic E-state index is 13.2. The number of carbonyl (C=O) groups is 2. The molecule has 0 atom stereocenters. The number of amides is 1. The number of thiazole rings is 2. The van der Waals surface area contributed by atoms with Gasteiger partial charge in [-0.15, -0.1) is 11.3 Å². The molecule has 2 aromatic carbocycles. The van der Waals surface area contributed by atoms with E-state index in [2.05, 4.69) is 15.3 Å². The zero-order valence-electron chi connectivity index (χ0n) is 17.1. The Labute approximate surface area is 194 Å². The summed E-state index contributed by atoms with van der Waals surface area (Å²) in [4.78, 5) is 33.0. The minimum atomic E-state index is -4.59. The SMILES string of the molecule is COc1ccc(CC(=O)Nc2nc3ccc(CC(=O)c4cscn4)cc3s2)cc1C(F)(F)F. The highest BCUT2D eigenvalue weighted by molar-refractivity contribution is 7.22. The van der Waals surface area contributed by atoms with Crippen LogP contribution in [0.2, 0.25) is 0 Å². The zero-order valence-corrected chi connectivity index (χ0v) is 18.7. The molecule has 1 amide bonds. The number of benzene rings is 2. The number of carbonyl (C=O) groups excluding carboxylic acids is 2. The highest BCUT2D eigenvalue weighted by Gasteiger charge is 2.34. The van der Waals surface area contributed by atoms with Crippen molar-refractivity contribution in [3.05, 3.63) is 69.7 Å². The first-order valence-electron chi connectivity index (χ1n) is 9.58. The summed E-state index contributed by atoms with van der Waals surface area (Å²) >= 11 is 2.57. The van der Waals surface area contributed by atoms with Crippen LogP contribution in [0.3, 0.4) is 0 Å². The Kier molecular flexibility index (Phi) is 6.43. The Hall–Kier alpha value is -3.31. The highest BCUT2D eigenvalue weighted by atomic mass is 32.1. The van der Waals surface area contributed by atoms with Crippen LogP contribution in [0, 0.1) is 0 Å². The van der Waals surface area contributed by atoms with Gasteiger partial charge in [0.15, 0.2) is 10.9 Å². The van der Waals surface area contributed by atoms with E-state index < -0.39 is 17.6 Å². The number of ketones is 1. The number of fused-ring (bicyclic) bond motifs is 1. The molecule has 0 fully saturated rings. The van der Waals surface area contributed by atoms with Crippen LogP contribution in [0.25, 0.3) is 10.2 Å². The van der Waals surface area contributed by atoms with E-state index in [0.717, 1.165) is 23.4 Å². The van der Waals surface area contributed by atoms with Crippen molar-refractivity contribution in [2.75, 3.05) is 12.4 Å². The van der Waals surface area contributed by atoms with Crippen LogP contribution in [0.4, 0.5) is 18.3 Å². The average molecular weight is 492 g/mol. The third kappa shape index (κ3) is 5.37. The maximum absolute atomic E-state index is 13.2. The number of hydrogen-bond donors (Lipinski definition) is 1. The lowest BCUT2D eigenvalue weighted by Crippen LogP contribution is -2.15. The fourth-order valence-electron chi connectivity index (χ4n) is 3.19. The normalized spacial score (nSPS) is 11.5. The van der Waals surface area contributed by atoms with Gasteiger partial charge in [0, 0.05) is 11.8 Å². The molecule has 0 aliphatic heterocycles. The topological polar surface area (TPSA) is 81.2 Å². The maximum Gasteiger partial charge on any atom is 0.419 e. The van der Waals surface area contributed by atoms with Crippen LogP contribution >= 0.6 is 22.7 Å². The molecule has 0 saturated heterocycles. The van der Waals surface area contributed by atoms with Gasteiger partial charge in [-0.05, 0) is 35.4 Å². The summed E-state index contributed by atoms with van der Waals surface area (Å²) in [7, 11) is 1.16. The van der Waals surface area contributed by atoms with Crippen LogP contribution in [0.5, 0.6) is 5.75 Å². The van der Waals surface area contributed by atoms with Crippen LogP contribution in [-0.4, -0.2) is 28.8 Å². The number of ether oxygens (including phenoxy) is 1. The molecule has 4 rings (SSSR count). The molecule has 0 aliphatic carbocycles. The van der Waals surface area contributed by atoms with E-state index in [1.807, 2.05) is 6.07 Å². The van der Waals surface area contributed by atoms with Gasteiger partial charge in [0.05, 0.1) is 34.8 Å². The third-order valence-electron chi connectivity index (χ3n) is 4.72. The molecule has 2 aromatic heterocycles. The minimum Gasteiger partial charge on any atom is -0.496 e. The van der Waals surface area contributed by atoms with Gasteiger partial charge in [-0.25, -0.2) is 9.97 Å². The van der Waals surface area contributed by atoms with Gasteiger partial charge in [0.1, 0.15) is 11.4 Å². The fraction of sp³-hybridized carbons (Fsp3) is 0.182. The number of Topliss-reactive ketones (excluding diaryl/α,β-unsaturated/α-hetero) is 1. The van der Waals surface area contributed by atoms with Crippen molar-refractivity contribution in [1.29, 1.82) is 0 Å². The number of alkyl halides is 3. The predicted molar refractivity (Wildman–Crippen MR) is 120 cm³/mol. The molecule has 2 heterocycles. The van der Waals surface area contributed by atoms with Crippen LogP contribution < -0.4 is 10.1 Å². The van der Waals surface area contributed by atoms with E-state index in [4.69, 9.17) is 4.74 Å². The predicted octanol–water partition coefficient (Wildman–Crippen LogP) is 5.39. The summed E-state index contributed by atoms with van der Waals surface area (Å²) in [5.41, 5.74) is 2.72. The number of nitrogens with zero attached hydrogens (tertiary/aromatic N) is 2. The highest BCUT2D eigenvalue weighted by Crippen LogP contribution is 2.37. The summed E-state index contributed by atoms with van der Waals surface area (Å²) in [6, 6.07) is 8.88. The van der Waals surface area contributed by atoms with E-state index in [9.17, 15) is 22.8 Å². The summed E-state index contributed by atoms with van der Waals surface area (Å²) < 4.78 is 45.1. The molecule has 0 radical (unpaired) electrons. The molecule has 170 valence electrons. The monoisotopic (exact) mass is 491 g/mol. The second-order valence-corrected chi connectivity index (χ2v) is 8.80. The van der Waals surface area contributed by atoms with Gasteiger partial charge in [0.25, 0.3) is 0 Å². The number of methoxy groups -OCH3 is 1. The molecule has 1 N–H and O–H groups in total. The Morgan fingerprint density at radius 2 is 1.85 bits per heavy atom. The van der Waals surface area contributed by atoms with E-state index >= 15 is 0 Å². The van der Waals surface area contributed by atoms with Crippen molar-refractivity contribution in [3.8, 4) is 5.75 Å². The lowest BCUT2D eigenvalue weighted by molar-refractivity contribution is -0.138. The van der Waals surface area contributed by atoms with Crippen molar-refractivity contribution in [2.24, 2.45) is 0 Å². The second-order valence-electron chi connectivity index (χ2n) is 7.05. The molecule has 0 aliphatic rings. The molecule has 0 bridgehead atoms. The van der Waals surface area contributed by atoms with Crippen molar-refractivity contribution < 1.29 is 27.5 Å². The molecular formula is C22H16F3N3O3S2. The third-order valence-corrected chi connectivity index (χ3v) is 6.24. The smallest absolute Gasteiger partial charge is 0.419 e. The Morgan fingerprint density at radius 1 is 1.09 bits per heavy atom. The van der Waals surface area contributed by atoms with Gasteiger partial charge in [-0.3, -0.25) is 9.59 Å². The lowest BCUT2D eigenvalue weighted by Gasteiger charge is -2.13. The summed E-state index contributed by atoms with van der Waals surface area (Å²) in [5.74, 6) is -0.889. The van der Waals surface area contributed by atoms with Crippen molar-refractivity contribution >= 4 is 49.7 Å². The molecule has 0 unspecified atom stereocenters.